The van der Waals surface area contributed by atoms with E-state index < -0.39 is 48.5 Å². The smallest absolute Gasteiger partial charge is 0.248 e. The monoisotopic (exact) mass is 719 g/mol. The van der Waals surface area contributed by atoms with Crippen LogP contribution in [-0.2, 0) is 36.8 Å². The maximum atomic E-state index is 14.0. The molecule has 0 aromatic heterocycles. The van der Waals surface area contributed by atoms with Crippen molar-refractivity contribution in [1.29, 1.82) is 0 Å². The number of nitrogens with one attached hydrogen (secondary N) is 3. The molecular formula is C39H57N7O6. The molecule has 5 amide bonds. The van der Waals surface area contributed by atoms with Crippen LogP contribution in [0.4, 0.5) is 0 Å². The van der Waals surface area contributed by atoms with Crippen LogP contribution < -0.4 is 27.4 Å². The highest BCUT2D eigenvalue weighted by molar-refractivity contribution is 5.95. The Morgan fingerprint density at radius 1 is 0.750 bits per heavy atom. The second-order valence-electron chi connectivity index (χ2n) is 14.8. The minimum atomic E-state index is -1.00. The summed E-state index contributed by atoms with van der Waals surface area (Å²) in [6, 6.07) is 15.0. The van der Waals surface area contributed by atoms with Gasteiger partial charge in [0, 0.05) is 38.0 Å². The van der Waals surface area contributed by atoms with Gasteiger partial charge in [-0.1, -0.05) is 74.5 Å². The highest BCUT2D eigenvalue weighted by Crippen LogP contribution is 2.40. The molecule has 0 aliphatic carbocycles. The van der Waals surface area contributed by atoms with Crippen molar-refractivity contribution in [1.82, 2.24) is 25.8 Å². The third-order valence-electron chi connectivity index (χ3n) is 10.1. The van der Waals surface area contributed by atoms with Gasteiger partial charge in [0.15, 0.2) is 0 Å². The molecule has 1 spiro atoms. The first-order chi connectivity index (χ1) is 24.9. The van der Waals surface area contributed by atoms with E-state index in [9.17, 15) is 29.1 Å². The largest absolute Gasteiger partial charge is 0.387 e. The fourth-order valence-electron chi connectivity index (χ4n) is 7.07. The van der Waals surface area contributed by atoms with Crippen LogP contribution in [0.1, 0.15) is 63.5 Å². The first-order valence-electron chi connectivity index (χ1n) is 18.6. The molecule has 13 heteroatoms. The van der Waals surface area contributed by atoms with Gasteiger partial charge in [-0.25, -0.2) is 0 Å². The number of hydrogen-bond donors (Lipinski definition) is 6. The van der Waals surface area contributed by atoms with E-state index >= 15 is 0 Å². The molecule has 4 rings (SSSR count). The van der Waals surface area contributed by atoms with Crippen molar-refractivity contribution in [3.8, 4) is 0 Å². The fourth-order valence-corrected chi connectivity index (χ4v) is 7.07. The number of rotatable bonds is 18. The second kappa shape index (κ2) is 19.5. The normalized spacial score (nSPS) is 17.4. The van der Waals surface area contributed by atoms with E-state index in [4.69, 9.17) is 11.5 Å². The molecular weight excluding hydrogens is 662 g/mol. The Labute approximate surface area is 307 Å². The van der Waals surface area contributed by atoms with Crippen molar-refractivity contribution < 1.29 is 29.1 Å². The summed E-state index contributed by atoms with van der Waals surface area (Å²) in [5.41, 5.74) is 13.7. The van der Waals surface area contributed by atoms with Gasteiger partial charge in [-0.3, -0.25) is 24.0 Å². The summed E-state index contributed by atoms with van der Waals surface area (Å²) in [5.74, 6) is -1.90. The number of piperidine rings is 1. The minimum absolute atomic E-state index is 0.0296. The third kappa shape index (κ3) is 11.6. The molecule has 4 atom stereocenters. The topological polar surface area (TPSA) is 200 Å². The number of nitrogens with two attached hydrogens (primary N) is 2. The standard InChI is InChI=1S/C39H57N7O6/c1-27(2)21-32(44-37(51)33(23-29-13-7-4-8-14-29)43-35(49)30(41)22-28-11-5-3-6-12-28)36(50)42-31(15-9-10-18-40)38(52)45-19-16-39(17-20-45)25-46(26-39)34(48)24-47/h3-8,11-14,27,30-33,47H,9-10,15-26,40-41H2,1-2H3,(H,42,50)(H,43,49)(H,44,51). The molecule has 0 bridgehead atoms. The summed E-state index contributed by atoms with van der Waals surface area (Å²) in [5, 5.41) is 17.9. The Balaban J connectivity index is 1.44. The lowest BCUT2D eigenvalue weighted by atomic mass is 9.72. The molecule has 13 nitrogen and oxygen atoms in total. The van der Waals surface area contributed by atoms with E-state index in [0.29, 0.717) is 64.8 Å². The van der Waals surface area contributed by atoms with Gasteiger partial charge in [-0.05, 0) is 68.5 Å². The lowest BCUT2D eigenvalue weighted by molar-refractivity contribution is -0.153. The van der Waals surface area contributed by atoms with Crippen molar-refractivity contribution in [3.05, 3.63) is 71.8 Å². The summed E-state index contributed by atoms with van der Waals surface area (Å²) in [6.07, 6.45) is 3.99. The predicted octanol–water partition coefficient (Wildman–Crippen LogP) is 0.872. The number of aliphatic hydroxyl groups is 1. The Morgan fingerprint density at radius 2 is 1.29 bits per heavy atom. The summed E-state index contributed by atoms with van der Waals surface area (Å²) >= 11 is 0. The lowest BCUT2D eigenvalue weighted by Gasteiger charge is -2.54. The van der Waals surface area contributed by atoms with Gasteiger partial charge in [-0.2, -0.15) is 0 Å². The average Bonchev–Trinajstić information content (AvgIpc) is 3.12. The molecule has 52 heavy (non-hydrogen) atoms. The molecule has 2 fully saturated rings. The van der Waals surface area contributed by atoms with Crippen LogP contribution in [0.3, 0.4) is 0 Å². The summed E-state index contributed by atoms with van der Waals surface area (Å²) in [6.45, 7) is 6.00. The molecule has 2 saturated heterocycles. The maximum absolute atomic E-state index is 14.0. The summed E-state index contributed by atoms with van der Waals surface area (Å²) in [7, 11) is 0. The van der Waals surface area contributed by atoms with Gasteiger partial charge < -0.3 is 42.3 Å². The van der Waals surface area contributed by atoms with E-state index in [1.165, 1.54) is 0 Å². The molecule has 284 valence electrons. The highest BCUT2D eigenvalue weighted by Gasteiger charge is 2.47. The van der Waals surface area contributed by atoms with Crippen molar-refractivity contribution in [2.75, 3.05) is 39.3 Å². The van der Waals surface area contributed by atoms with E-state index in [-0.39, 0.29) is 29.6 Å². The van der Waals surface area contributed by atoms with E-state index in [0.717, 1.165) is 24.0 Å². The molecule has 2 aromatic carbocycles. The molecule has 2 heterocycles. The predicted molar refractivity (Wildman–Crippen MR) is 198 cm³/mol. The third-order valence-corrected chi connectivity index (χ3v) is 10.1. The van der Waals surface area contributed by atoms with Crippen LogP contribution in [0.2, 0.25) is 0 Å². The zero-order valence-electron chi connectivity index (χ0n) is 30.6. The van der Waals surface area contributed by atoms with Crippen LogP contribution in [0.15, 0.2) is 60.7 Å². The van der Waals surface area contributed by atoms with Crippen LogP contribution in [0.5, 0.6) is 0 Å². The average molecular weight is 720 g/mol. The van der Waals surface area contributed by atoms with Crippen LogP contribution in [-0.4, -0.2) is 108 Å². The van der Waals surface area contributed by atoms with Crippen LogP contribution in [0.25, 0.3) is 0 Å². The van der Waals surface area contributed by atoms with Crippen LogP contribution >= 0.6 is 0 Å². The number of likely N-dealkylation sites (tertiary alicyclic amines) is 2. The Morgan fingerprint density at radius 3 is 1.85 bits per heavy atom. The number of benzene rings is 2. The Kier molecular flexibility index (Phi) is 15.2. The van der Waals surface area contributed by atoms with Gasteiger partial charge in [0.2, 0.25) is 29.5 Å². The van der Waals surface area contributed by atoms with Gasteiger partial charge in [-0.15, -0.1) is 0 Å². The molecule has 0 radical (unpaired) electrons. The number of aliphatic hydroxyl groups excluding tert-OH is 1. The molecule has 4 unspecified atom stereocenters. The highest BCUT2D eigenvalue weighted by atomic mass is 16.3. The van der Waals surface area contributed by atoms with Crippen molar-refractivity contribution >= 4 is 29.5 Å². The zero-order chi connectivity index (χ0) is 37.7. The number of nitrogens with zero attached hydrogens (tertiary/aromatic N) is 2. The van der Waals surface area contributed by atoms with E-state index in [1.807, 2.05) is 74.5 Å². The Bertz CT molecular complexity index is 1470. The number of carbonyl (C=O) groups is 5. The molecule has 8 N–H and O–H groups in total. The van der Waals surface area contributed by atoms with E-state index in [1.54, 1.807) is 9.80 Å². The van der Waals surface area contributed by atoms with Gasteiger partial charge in [0.1, 0.15) is 24.7 Å². The van der Waals surface area contributed by atoms with Crippen LogP contribution in [0, 0.1) is 11.3 Å². The number of amides is 5. The first-order valence-corrected chi connectivity index (χ1v) is 18.6. The van der Waals surface area contributed by atoms with Crippen molar-refractivity contribution in [2.45, 2.75) is 89.4 Å². The van der Waals surface area contributed by atoms with Gasteiger partial charge in [0.25, 0.3) is 0 Å². The number of hydrogen-bond acceptors (Lipinski definition) is 8. The maximum Gasteiger partial charge on any atom is 0.248 e. The van der Waals surface area contributed by atoms with Gasteiger partial charge in [0.05, 0.1) is 6.04 Å². The molecule has 2 aromatic rings. The summed E-state index contributed by atoms with van der Waals surface area (Å²) < 4.78 is 0. The lowest BCUT2D eigenvalue weighted by Crippen LogP contribution is -2.63. The molecule has 2 aliphatic rings. The SMILES string of the molecule is CC(C)CC(NC(=O)C(Cc1ccccc1)NC(=O)C(N)Cc1ccccc1)C(=O)NC(CCCCN)C(=O)N1CCC2(CC1)CN(C(=O)CO)C2. The first kappa shape index (κ1) is 40.4. The quantitative estimate of drug-likeness (QED) is 0.122. The summed E-state index contributed by atoms with van der Waals surface area (Å²) in [4.78, 5) is 70.4. The van der Waals surface area contributed by atoms with Gasteiger partial charge >= 0.3 is 0 Å². The number of unbranched alkanes of at least 4 members (excludes halogenated alkanes) is 1. The van der Waals surface area contributed by atoms with Crippen molar-refractivity contribution in [3.63, 3.8) is 0 Å². The number of carbonyl (C=O) groups excluding carboxylic acids is 5. The fraction of sp³-hybridized carbons (Fsp3) is 0.564. The minimum Gasteiger partial charge on any atom is -0.387 e. The Hall–Kier alpha value is -4.33. The van der Waals surface area contributed by atoms with Crippen molar-refractivity contribution in [2.24, 2.45) is 22.8 Å². The van der Waals surface area contributed by atoms with E-state index in [2.05, 4.69) is 16.0 Å². The molecule has 2 aliphatic heterocycles. The zero-order valence-corrected chi connectivity index (χ0v) is 30.6. The second-order valence-corrected chi connectivity index (χ2v) is 14.8. The molecule has 0 saturated carbocycles.